The van der Waals surface area contributed by atoms with E-state index in [1.54, 1.807) is 17.0 Å². The molecule has 1 N–H and O–H groups in total. The number of hydrogen-bond donors (Lipinski definition) is 1. The van der Waals surface area contributed by atoms with Gasteiger partial charge in [0, 0.05) is 13.1 Å². The summed E-state index contributed by atoms with van der Waals surface area (Å²) in [7, 11) is -3.82. The van der Waals surface area contributed by atoms with Crippen LogP contribution in [0.15, 0.2) is 66.1 Å². The second-order valence-corrected chi connectivity index (χ2v) is 9.21. The van der Waals surface area contributed by atoms with Gasteiger partial charge in [-0.3, -0.25) is 0 Å². The van der Waals surface area contributed by atoms with Crippen molar-refractivity contribution in [2.24, 2.45) is 5.92 Å². The van der Waals surface area contributed by atoms with Gasteiger partial charge in [-0.15, -0.1) is 0 Å². The Morgan fingerprint density at radius 3 is 2.28 bits per heavy atom. The van der Waals surface area contributed by atoms with E-state index in [-0.39, 0.29) is 0 Å². The summed E-state index contributed by atoms with van der Waals surface area (Å²) < 4.78 is 26.5. The summed E-state index contributed by atoms with van der Waals surface area (Å²) in [6.07, 6.45) is 4.35. The lowest BCUT2D eigenvalue weighted by Gasteiger charge is -2.33. The molecule has 29 heavy (non-hydrogen) atoms. The van der Waals surface area contributed by atoms with E-state index in [9.17, 15) is 13.2 Å². The number of likely N-dealkylation sites (tertiary alicyclic amines) is 1. The van der Waals surface area contributed by atoms with Gasteiger partial charge in [0.25, 0.3) is 10.0 Å². The minimum Gasteiger partial charge on any atom is -0.324 e. The maximum Gasteiger partial charge on any atom is 0.331 e. The lowest BCUT2D eigenvalue weighted by Crippen LogP contribution is -2.46. The number of hydrogen-bond acceptors (Lipinski definition) is 3. The Morgan fingerprint density at radius 2 is 1.66 bits per heavy atom. The van der Waals surface area contributed by atoms with E-state index in [4.69, 9.17) is 0 Å². The first-order chi connectivity index (χ1) is 13.9. The predicted octanol–water partition coefficient (Wildman–Crippen LogP) is 4.60. The monoisotopic (exact) mass is 412 g/mol. The van der Waals surface area contributed by atoms with Crippen LogP contribution >= 0.6 is 0 Å². The van der Waals surface area contributed by atoms with Crippen LogP contribution in [-0.2, 0) is 10.0 Å². The van der Waals surface area contributed by atoms with Gasteiger partial charge in [0.05, 0.1) is 5.41 Å². The average molecular weight is 413 g/mol. The minimum atomic E-state index is -3.82. The van der Waals surface area contributed by atoms with Gasteiger partial charge in [-0.2, -0.15) is 0 Å². The number of benzene rings is 2. The number of carbonyl (C=O) groups excluding carboxylic acids is 1. The number of urea groups is 1. The largest absolute Gasteiger partial charge is 0.331 e. The number of sulfonamides is 1. The molecule has 0 aromatic heterocycles. The molecule has 1 unspecified atom stereocenters. The van der Waals surface area contributed by atoms with E-state index >= 15 is 0 Å². The predicted molar refractivity (Wildman–Crippen MR) is 117 cm³/mol. The zero-order chi connectivity index (χ0) is 20.7. The molecule has 154 valence electrons. The molecule has 1 saturated heterocycles. The van der Waals surface area contributed by atoms with E-state index < -0.39 is 16.1 Å². The fraction of sp³-hybridized carbons (Fsp3) is 0.348. The molecule has 1 aliphatic heterocycles. The quantitative estimate of drug-likeness (QED) is 0.754. The molecular weight excluding hydrogens is 384 g/mol. The van der Waals surface area contributed by atoms with Gasteiger partial charge in [0.1, 0.15) is 0 Å². The van der Waals surface area contributed by atoms with Crippen molar-refractivity contribution in [1.82, 2.24) is 9.62 Å². The van der Waals surface area contributed by atoms with Crippen LogP contribution in [0.5, 0.6) is 0 Å². The van der Waals surface area contributed by atoms with E-state index in [0.717, 1.165) is 30.2 Å². The highest BCUT2D eigenvalue weighted by Crippen LogP contribution is 2.29. The topological polar surface area (TPSA) is 66.5 Å². The fourth-order valence-corrected chi connectivity index (χ4v) is 4.52. The molecule has 0 bridgehead atoms. The van der Waals surface area contributed by atoms with Gasteiger partial charge in [-0.05, 0) is 48.3 Å². The van der Waals surface area contributed by atoms with Crippen molar-refractivity contribution in [3.8, 4) is 0 Å². The first kappa shape index (κ1) is 21.1. The summed E-state index contributed by atoms with van der Waals surface area (Å²) in [6, 6.07) is 19.0. The zero-order valence-corrected chi connectivity index (χ0v) is 17.5. The molecule has 1 atom stereocenters. The normalized spacial score (nSPS) is 16.7. The molecule has 0 saturated carbocycles. The van der Waals surface area contributed by atoms with E-state index in [1.165, 1.54) is 11.6 Å². The maximum absolute atomic E-state index is 12.4. The molecule has 0 spiro atoms. The van der Waals surface area contributed by atoms with Gasteiger partial charge in [0.15, 0.2) is 0 Å². The minimum absolute atomic E-state index is 0.477. The van der Waals surface area contributed by atoms with Gasteiger partial charge in [-0.1, -0.05) is 67.6 Å². The molecule has 0 aliphatic carbocycles. The molecular formula is C23H28N2O3S. The second kappa shape index (κ2) is 9.74. The smallest absolute Gasteiger partial charge is 0.324 e. The number of carbonyl (C=O) groups is 1. The summed E-state index contributed by atoms with van der Waals surface area (Å²) in [4.78, 5) is 14.0. The average Bonchev–Trinajstić information content (AvgIpc) is 2.74. The van der Waals surface area contributed by atoms with Crippen LogP contribution in [0.3, 0.4) is 0 Å². The summed E-state index contributed by atoms with van der Waals surface area (Å²) >= 11 is 0. The molecule has 3 rings (SSSR count). The molecule has 6 heteroatoms. The fourth-order valence-electron chi connectivity index (χ4n) is 3.74. The Morgan fingerprint density at radius 1 is 1.07 bits per heavy atom. The van der Waals surface area contributed by atoms with Crippen molar-refractivity contribution < 1.29 is 13.2 Å². The lowest BCUT2D eigenvalue weighted by atomic mass is 9.85. The van der Waals surface area contributed by atoms with Crippen LogP contribution in [0.25, 0.3) is 6.08 Å². The number of nitrogens with zero attached hydrogens (tertiary/aromatic N) is 1. The highest BCUT2D eigenvalue weighted by molar-refractivity contribution is 7.93. The molecule has 1 heterocycles. The number of amides is 2. The first-order valence-electron chi connectivity index (χ1n) is 10.0. The van der Waals surface area contributed by atoms with E-state index in [0.29, 0.717) is 24.9 Å². The molecule has 1 aliphatic rings. The van der Waals surface area contributed by atoms with Crippen molar-refractivity contribution in [3.05, 3.63) is 77.2 Å². The summed E-state index contributed by atoms with van der Waals surface area (Å²) in [5.74, 6) is 1.02. The van der Waals surface area contributed by atoms with Crippen molar-refractivity contribution in [1.29, 1.82) is 0 Å². The molecule has 1 fully saturated rings. The Hall–Kier alpha value is -2.60. The van der Waals surface area contributed by atoms with Crippen molar-refractivity contribution in [2.45, 2.75) is 32.1 Å². The highest BCUT2D eigenvalue weighted by Gasteiger charge is 2.26. The van der Waals surface area contributed by atoms with Crippen LogP contribution in [0.1, 0.15) is 43.2 Å². The maximum atomic E-state index is 12.4. The first-order valence-corrected chi connectivity index (χ1v) is 11.6. The Labute approximate surface area is 173 Å². The third kappa shape index (κ3) is 6.46. The zero-order valence-electron chi connectivity index (χ0n) is 16.7. The SMILES string of the molecule is CC(CC1CCN(C(=O)NS(=O)(=O)C=Cc2ccccc2)CC1)c1ccccc1. The molecule has 0 radical (unpaired) electrons. The van der Waals surface area contributed by atoms with Crippen LogP contribution < -0.4 is 4.72 Å². The van der Waals surface area contributed by atoms with Crippen LogP contribution in [0.4, 0.5) is 4.79 Å². The third-order valence-corrected chi connectivity index (χ3v) is 6.38. The van der Waals surface area contributed by atoms with Crippen LogP contribution in [-0.4, -0.2) is 32.4 Å². The van der Waals surface area contributed by atoms with Crippen molar-refractivity contribution in [2.75, 3.05) is 13.1 Å². The lowest BCUT2D eigenvalue weighted by molar-refractivity contribution is 0.171. The van der Waals surface area contributed by atoms with Crippen molar-refractivity contribution >= 4 is 22.1 Å². The van der Waals surface area contributed by atoms with Crippen molar-refractivity contribution in [3.63, 3.8) is 0 Å². The Balaban J connectivity index is 1.47. The molecule has 5 nitrogen and oxygen atoms in total. The highest BCUT2D eigenvalue weighted by atomic mass is 32.2. The van der Waals surface area contributed by atoms with E-state index in [2.05, 4.69) is 35.9 Å². The summed E-state index contributed by atoms with van der Waals surface area (Å²) in [5, 5.41) is 1.04. The molecule has 2 amide bonds. The Bertz CT molecular complexity index is 919. The number of nitrogens with one attached hydrogen (secondary N) is 1. The number of piperidine rings is 1. The second-order valence-electron chi connectivity index (χ2n) is 7.64. The van der Waals surface area contributed by atoms with E-state index in [1.807, 2.05) is 24.3 Å². The molecule has 2 aromatic rings. The van der Waals surface area contributed by atoms with Crippen LogP contribution in [0, 0.1) is 5.92 Å². The van der Waals surface area contributed by atoms with Crippen LogP contribution in [0.2, 0.25) is 0 Å². The standard InChI is InChI=1S/C23H28N2O3S/c1-19(22-10-6-3-7-11-22)18-21-12-15-25(16-13-21)23(26)24-29(27,28)17-14-20-8-4-2-5-9-20/h2-11,14,17,19,21H,12-13,15-16,18H2,1H3,(H,24,26). The Kier molecular flexibility index (Phi) is 7.09. The summed E-state index contributed by atoms with van der Waals surface area (Å²) in [5.41, 5.74) is 2.10. The summed E-state index contributed by atoms with van der Waals surface area (Å²) in [6.45, 7) is 3.39. The third-order valence-electron chi connectivity index (χ3n) is 5.43. The van der Waals surface area contributed by atoms with Gasteiger partial charge >= 0.3 is 6.03 Å². The van der Waals surface area contributed by atoms with Gasteiger partial charge in [-0.25, -0.2) is 17.9 Å². The van der Waals surface area contributed by atoms with Gasteiger partial charge < -0.3 is 4.90 Å². The van der Waals surface area contributed by atoms with Gasteiger partial charge in [0.2, 0.25) is 0 Å². The molecule has 2 aromatic carbocycles. The number of rotatable bonds is 6.